The van der Waals surface area contributed by atoms with Crippen LogP contribution in [0.4, 0.5) is 0 Å². The molecule has 108 valence electrons. The fraction of sp³-hybridized carbons (Fsp3) is 0.632. The largest absolute Gasteiger partial charge is 0.299 e. The molecule has 0 heterocycles. The summed E-state index contributed by atoms with van der Waals surface area (Å²) >= 11 is 0. The lowest BCUT2D eigenvalue weighted by Crippen LogP contribution is -2.39. The van der Waals surface area contributed by atoms with Gasteiger partial charge in [0.15, 0.2) is 0 Å². The van der Waals surface area contributed by atoms with Crippen LogP contribution in [0, 0.1) is 23.2 Å². The lowest BCUT2D eigenvalue weighted by molar-refractivity contribution is -0.130. The molecule has 0 spiro atoms. The highest BCUT2D eigenvalue weighted by Gasteiger charge is 2.52. The summed E-state index contributed by atoms with van der Waals surface area (Å²) in [6, 6.07) is 10.8. The Morgan fingerprint density at radius 3 is 2.75 bits per heavy atom. The van der Waals surface area contributed by atoms with Crippen molar-refractivity contribution >= 4 is 5.78 Å². The molecule has 1 nitrogen and oxygen atoms in total. The van der Waals surface area contributed by atoms with Crippen molar-refractivity contribution in [3.63, 3.8) is 0 Å². The van der Waals surface area contributed by atoms with Crippen molar-refractivity contribution in [3.05, 3.63) is 35.9 Å². The molecule has 1 heteroatoms. The number of carbonyl (C=O) groups excluding carboxylic acids is 1. The maximum atomic E-state index is 12.2. The van der Waals surface area contributed by atoms with Gasteiger partial charge in [0.25, 0.3) is 0 Å². The number of ketones is 1. The minimum absolute atomic E-state index is 0.281. The summed E-state index contributed by atoms with van der Waals surface area (Å²) in [6.07, 6.45) is 6.75. The van der Waals surface area contributed by atoms with Gasteiger partial charge in [-0.15, -0.1) is 0 Å². The Hall–Kier alpha value is -1.11. The van der Waals surface area contributed by atoms with Crippen LogP contribution < -0.4 is 0 Å². The van der Waals surface area contributed by atoms with Gasteiger partial charge in [-0.05, 0) is 54.9 Å². The minimum atomic E-state index is 0.281. The zero-order chi connectivity index (χ0) is 14.2. The summed E-state index contributed by atoms with van der Waals surface area (Å²) in [5, 5.41) is 0. The first-order valence-electron chi connectivity index (χ1n) is 8.18. The molecule has 0 saturated heterocycles. The van der Waals surface area contributed by atoms with E-state index in [-0.39, 0.29) is 5.41 Å². The Morgan fingerprint density at radius 2 is 2.00 bits per heavy atom. The van der Waals surface area contributed by atoms with E-state index in [1.165, 1.54) is 18.4 Å². The maximum absolute atomic E-state index is 12.2. The van der Waals surface area contributed by atoms with Crippen molar-refractivity contribution in [3.8, 4) is 0 Å². The van der Waals surface area contributed by atoms with E-state index in [2.05, 4.69) is 44.2 Å². The standard InChI is InChI=1S/C19H26O/c1-14(13-15-7-4-3-5-8-15)16-10-11-17-18(20)9-6-12-19(16,17)2/h3-5,7-8,14,16-17H,6,9-13H2,1-2H3. The number of benzene rings is 1. The minimum Gasteiger partial charge on any atom is -0.299 e. The molecule has 2 fully saturated rings. The lowest BCUT2D eigenvalue weighted by Gasteiger charge is -2.42. The van der Waals surface area contributed by atoms with E-state index in [0.29, 0.717) is 17.6 Å². The van der Waals surface area contributed by atoms with Gasteiger partial charge in [-0.25, -0.2) is 0 Å². The van der Waals surface area contributed by atoms with Gasteiger partial charge >= 0.3 is 0 Å². The number of fused-ring (bicyclic) bond motifs is 1. The fourth-order valence-corrected chi connectivity index (χ4v) is 5.03. The third-order valence-corrected chi connectivity index (χ3v) is 6.02. The first-order valence-corrected chi connectivity index (χ1v) is 8.18. The second kappa shape index (κ2) is 5.35. The van der Waals surface area contributed by atoms with Crippen LogP contribution in [-0.4, -0.2) is 5.78 Å². The SMILES string of the molecule is CC(Cc1ccccc1)C1CCC2C(=O)CCCC21C. The average molecular weight is 270 g/mol. The van der Waals surface area contributed by atoms with E-state index in [9.17, 15) is 4.79 Å². The summed E-state index contributed by atoms with van der Waals surface area (Å²) < 4.78 is 0. The Morgan fingerprint density at radius 1 is 1.25 bits per heavy atom. The molecule has 4 unspecified atom stereocenters. The molecule has 2 aliphatic carbocycles. The van der Waals surface area contributed by atoms with Gasteiger partial charge < -0.3 is 0 Å². The van der Waals surface area contributed by atoms with Crippen molar-refractivity contribution in [2.75, 3.05) is 0 Å². The Bertz CT molecular complexity index is 478. The van der Waals surface area contributed by atoms with Crippen LogP contribution in [0.15, 0.2) is 30.3 Å². The zero-order valence-corrected chi connectivity index (χ0v) is 12.8. The van der Waals surface area contributed by atoms with Crippen LogP contribution in [-0.2, 0) is 11.2 Å². The topological polar surface area (TPSA) is 17.1 Å². The van der Waals surface area contributed by atoms with Crippen molar-refractivity contribution in [2.45, 2.75) is 52.4 Å². The Kier molecular flexibility index (Phi) is 3.70. The van der Waals surface area contributed by atoms with Crippen LogP contribution in [0.25, 0.3) is 0 Å². The fourth-order valence-electron chi connectivity index (χ4n) is 5.03. The monoisotopic (exact) mass is 270 g/mol. The molecule has 20 heavy (non-hydrogen) atoms. The molecule has 4 atom stereocenters. The Balaban J connectivity index is 1.75. The highest BCUT2D eigenvalue weighted by atomic mass is 16.1. The summed E-state index contributed by atoms with van der Waals surface area (Å²) in [4.78, 5) is 12.2. The van der Waals surface area contributed by atoms with Gasteiger partial charge in [0.05, 0.1) is 0 Å². The van der Waals surface area contributed by atoms with Gasteiger partial charge in [0, 0.05) is 12.3 Å². The normalized spacial score (nSPS) is 34.8. The first-order chi connectivity index (χ1) is 9.61. The van der Waals surface area contributed by atoms with Crippen molar-refractivity contribution in [1.82, 2.24) is 0 Å². The van der Waals surface area contributed by atoms with Gasteiger partial charge in [-0.3, -0.25) is 4.79 Å². The lowest BCUT2D eigenvalue weighted by atomic mass is 9.62. The van der Waals surface area contributed by atoms with Crippen LogP contribution in [0.2, 0.25) is 0 Å². The molecular weight excluding hydrogens is 244 g/mol. The predicted molar refractivity (Wildman–Crippen MR) is 82.5 cm³/mol. The van der Waals surface area contributed by atoms with E-state index in [1.807, 2.05) is 0 Å². The third kappa shape index (κ3) is 2.32. The third-order valence-electron chi connectivity index (χ3n) is 6.02. The molecule has 0 aliphatic heterocycles. The number of Topliss-reactive ketones (excluding diaryl/α,β-unsaturated/α-hetero) is 1. The molecular formula is C19H26O. The van der Waals surface area contributed by atoms with Gasteiger partial charge in [-0.1, -0.05) is 44.2 Å². The van der Waals surface area contributed by atoms with Gasteiger partial charge in [0.2, 0.25) is 0 Å². The molecule has 2 saturated carbocycles. The highest BCUT2D eigenvalue weighted by molar-refractivity contribution is 5.83. The van der Waals surface area contributed by atoms with E-state index >= 15 is 0 Å². The van der Waals surface area contributed by atoms with Gasteiger partial charge in [-0.2, -0.15) is 0 Å². The maximum Gasteiger partial charge on any atom is 0.136 e. The molecule has 0 amide bonds. The number of carbonyl (C=O) groups is 1. The first kappa shape index (κ1) is 13.9. The second-order valence-corrected chi connectivity index (χ2v) is 7.23. The highest BCUT2D eigenvalue weighted by Crippen LogP contribution is 2.56. The summed E-state index contributed by atoms with van der Waals surface area (Å²) in [5.41, 5.74) is 1.72. The number of rotatable bonds is 3. The van der Waals surface area contributed by atoms with E-state index in [0.717, 1.165) is 31.6 Å². The van der Waals surface area contributed by atoms with Crippen LogP contribution in [0.5, 0.6) is 0 Å². The number of hydrogen-bond donors (Lipinski definition) is 0. The van der Waals surface area contributed by atoms with Crippen molar-refractivity contribution < 1.29 is 4.79 Å². The smallest absolute Gasteiger partial charge is 0.136 e. The van der Waals surface area contributed by atoms with E-state index in [4.69, 9.17) is 0 Å². The zero-order valence-electron chi connectivity index (χ0n) is 12.8. The summed E-state index contributed by atoms with van der Waals surface area (Å²) in [5.74, 6) is 2.31. The predicted octanol–water partition coefficient (Wildman–Crippen LogP) is 4.65. The molecule has 0 aromatic heterocycles. The molecule has 1 aromatic carbocycles. The molecule has 0 radical (unpaired) electrons. The molecule has 2 aliphatic rings. The molecule has 1 aromatic rings. The van der Waals surface area contributed by atoms with Crippen LogP contribution in [0.3, 0.4) is 0 Å². The quantitative estimate of drug-likeness (QED) is 0.781. The van der Waals surface area contributed by atoms with Crippen LogP contribution in [0.1, 0.15) is 51.5 Å². The summed E-state index contributed by atoms with van der Waals surface area (Å²) in [7, 11) is 0. The second-order valence-electron chi connectivity index (χ2n) is 7.23. The molecule has 0 N–H and O–H groups in total. The van der Waals surface area contributed by atoms with Crippen LogP contribution >= 0.6 is 0 Å². The van der Waals surface area contributed by atoms with Gasteiger partial charge in [0.1, 0.15) is 5.78 Å². The molecule has 0 bridgehead atoms. The van der Waals surface area contributed by atoms with E-state index < -0.39 is 0 Å². The summed E-state index contributed by atoms with van der Waals surface area (Å²) in [6.45, 7) is 4.79. The van der Waals surface area contributed by atoms with Crippen molar-refractivity contribution in [2.24, 2.45) is 23.2 Å². The van der Waals surface area contributed by atoms with E-state index in [1.54, 1.807) is 0 Å². The number of hydrogen-bond acceptors (Lipinski definition) is 1. The average Bonchev–Trinajstić information content (AvgIpc) is 2.78. The molecule has 3 rings (SSSR count). The Labute approximate surface area is 122 Å². The van der Waals surface area contributed by atoms with Crippen molar-refractivity contribution in [1.29, 1.82) is 0 Å².